The van der Waals surface area contributed by atoms with E-state index in [4.69, 9.17) is 5.73 Å². The van der Waals surface area contributed by atoms with Gasteiger partial charge in [-0.25, -0.2) is 9.37 Å². The summed E-state index contributed by atoms with van der Waals surface area (Å²) < 4.78 is 13.4. The van der Waals surface area contributed by atoms with E-state index in [1.807, 2.05) is 30.3 Å². The highest BCUT2D eigenvalue weighted by Gasteiger charge is 2.06. The Morgan fingerprint density at radius 3 is 2.52 bits per heavy atom. The SMILES string of the molecule is N/C(=C\Nc1ccc(O)cc1)c1ccc2c(Nc3cccc(F)c3)cccc2n1. The van der Waals surface area contributed by atoms with Crippen LogP contribution in [0.3, 0.4) is 0 Å². The number of aromatic nitrogens is 1. The molecule has 1 heterocycles. The van der Waals surface area contributed by atoms with Gasteiger partial charge in [0.15, 0.2) is 0 Å². The summed E-state index contributed by atoms with van der Waals surface area (Å²) in [6, 6.07) is 22.5. The van der Waals surface area contributed by atoms with E-state index < -0.39 is 0 Å². The average Bonchev–Trinajstić information content (AvgIpc) is 2.73. The topological polar surface area (TPSA) is 83.2 Å². The van der Waals surface area contributed by atoms with Crippen molar-refractivity contribution >= 4 is 33.7 Å². The van der Waals surface area contributed by atoms with Crippen molar-refractivity contribution in [3.8, 4) is 5.75 Å². The number of nitrogens with one attached hydrogen (secondary N) is 2. The molecule has 0 fully saturated rings. The number of anilines is 3. The first kappa shape index (κ1) is 18.3. The number of rotatable bonds is 5. The molecule has 0 saturated heterocycles. The minimum atomic E-state index is -0.297. The van der Waals surface area contributed by atoms with Gasteiger partial charge in [0, 0.05) is 28.6 Å². The number of hydrogen-bond acceptors (Lipinski definition) is 5. The zero-order chi connectivity index (χ0) is 20.2. The maximum Gasteiger partial charge on any atom is 0.125 e. The molecular weight excluding hydrogens is 367 g/mol. The predicted molar refractivity (Wildman–Crippen MR) is 115 cm³/mol. The van der Waals surface area contributed by atoms with E-state index in [0.29, 0.717) is 17.1 Å². The molecule has 144 valence electrons. The summed E-state index contributed by atoms with van der Waals surface area (Å²) >= 11 is 0. The molecule has 5 nitrogen and oxygen atoms in total. The number of pyridine rings is 1. The van der Waals surface area contributed by atoms with Crippen molar-refractivity contribution in [2.24, 2.45) is 5.73 Å². The van der Waals surface area contributed by atoms with Gasteiger partial charge < -0.3 is 21.5 Å². The highest BCUT2D eigenvalue weighted by atomic mass is 19.1. The maximum absolute atomic E-state index is 13.4. The fraction of sp³-hybridized carbons (Fsp3) is 0. The summed E-state index contributed by atoms with van der Waals surface area (Å²) in [6.07, 6.45) is 1.66. The molecule has 3 aromatic carbocycles. The summed E-state index contributed by atoms with van der Waals surface area (Å²) in [6.45, 7) is 0. The number of aromatic hydroxyl groups is 1. The number of halogens is 1. The van der Waals surface area contributed by atoms with Crippen molar-refractivity contribution in [2.75, 3.05) is 10.6 Å². The lowest BCUT2D eigenvalue weighted by Crippen LogP contribution is -2.03. The van der Waals surface area contributed by atoms with Crippen LogP contribution in [-0.2, 0) is 0 Å². The summed E-state index contributed by atoms with van der Waals surface area (Å²) in [7, 11) is 0. The smallest absolute Gasteiger partial charge is 0.125 e. The molecule has 1 aromatic heterocycles. The molecule has 0 aliphatic rings. The van der Waals surface area contributed by atoms with Crippen LogP contribution in [0.4, 0.5) is 21.5 Å². The predicted octanol–water partition coefficient (Wildman–Crippen LogP) is 5.19. The van der Waals surface area contributed by atoms with Crippen LogP contribution in [0.1, 0.15) is 5.69 Å². The van der Waals surface area contributed by atoms with E-state index >= 15 is 0 Å². The zero-order valence-electron chi connectivity index (χ0n) is 15.4. The molecule has 0 unspecified atom stereocenters. The van der Waals surface area contributed by atoms with E-state index in [9.17, 15) is 9.50 Å². The third-order valence-electron chi connectivity index (χ3n) is 4.39. The molecule has 4 aromatic rings. The Morgan fingerprint density at radius 2 is 1.72 bits per heavy atom. The van der Waals surface area contributed by atoms with Crippen molar-refractivity contribution in [3.05, 3.63) is 96.6 Å². The molecule has 0 aliphatic heterocycles. The van der Waals surface area contributed by atoms with Crippen LogP contribution in [-0.4, -0.2) is 10.1 Å². The lowest BCUT2D eigenvalue weighted by atomic mass is 10.1. The highest BCUT2D eigenvalue weighted by molar-refractivity contribution is 5.94. The molecule has 4 rings (SSSR count). The van der Waals surface area contributed by atoms with Crippen molar-refractivity contribution in [1.82, 2.24) is 4.98 Å². The van der Waals surface area contributed by atoms with E-state index in [1.54, 1.807) is 42.6 Å². The molecule has 29 heavy (non-hydrogen) atoms. The van der Waals surface area contributed by atoms with Gasteiger partial charge in [-0.1, -0.05) is 12.1 Å². The molecule has 0 radical (unpaired) electrons. The lowest BCUT2D eigenvalue weighted by Gasteiger charge is -2.11. The summed E-state index contributed by atoms with van der Waals surface area (Å²) in [5, 5.41) is 16.6. The van der Waals surface area contributed by atoms with Crippen molar-refractivity contribution < 1.29 is 9.50 Å². The van der Waals surface area contributed by atoms with Crippen molar-refractivity contribution in [3.63, 3.8) is 0 Å². The number of hydrogen-bond donors (Lipinski definition) is 4. The maximum atomic E-state index is 13.4. The number of phenolic OH excluding ortho intramolecular Hbond substituents is 1. The Labute approximate surface area is 167 Å². The van der Waals surface area contributed by atoms with Crippen LogP contribution in [0.25, 0.3) is 16.6 Å². The Morgan fingerprint density at radius 1 is 0.931 bits per heavy atom. The molecule has 0 bridgehead atoms. The summed E-state index contributed by atoms with van der Waals surface area (Å²) in [5.74, 6) is -0.0963. The molecule has 0 aliphatic carbocycles. The first-order valence-corrected chi connectivity index (χ1v) is 9.02. The normalized spacial score (nSPS) is 11.4. The lowest BCUT2D eigenvalue weighted by molar-refractivity contribution is 0.475. The van der Waals surface area contributed by atoms with Crippen molar-refractivity contribution in [1.29, 1.82) is 0 Å². The third-order valence-corrected chi connectivity index (χ3v) is 4.39. The van der Waals surface area contributed by atoms with Gasteiger partial charge in [-0.3, -0.25) is 0 Å². The van der Waals surface area contributed by atoms with E-state index in [0.717, 1.165) is 22.3 Å². The highest BCUT2D eigenvalue weighted by Crippen LogP contribution is 2.27. The summed E-state index contributed by atoms with van der Waals surface area (Å²) in [5.41, 5.74) is 10.3. The Hall–Kier alpha value is -4.06. The van der Waals surface area contributed by atoms with Gasteiger partial charge in [-0.2, -0.15) is 0 Å². The van der Waals surface area contributed by atoms with Gasteiger partial charge in [0.1, 0.15) is 11.6 Å². The number of nitrogens with two attached hydrogens (primary N) is 1. The third kappa shape index (κ3) is 4.27. The minimum Gasteiger partial charge on any atom is -0.508 e. The zero-order valence-corrected chi connectivity index (χ0v) is 15.4. The minimum absolute atomic E-state index is 0.200. The van der Waals surface area contributed by atoms with Crippen LogP contribution >= 0.6 is 0 Å². The van der Waals surface area contributed by atoms with Gasteiger partial charge in [0.25, 0.3) is 0 Å². The van der Waals surface area contributed by atoms with Gasteiger partial charge >= 0.3 is 0 Å². The second-order valence-electron chi connectivity index (χ2n) is 6.49. The van der Waals surface area contributed by atoms with Gasteiger partial charge in [-0.05, 0) is 66.7 Å². The number of benzene rings is 3. The summed E-state index contributed by atoms with van der Waals surface area (Å²) in [4.78, 5) is 4.63. The van der Waals surface area contributed by atoms with Crippen LogP contribution in [0, 0.1) is 5.82 Å². The van der Waals surface area contributed by atoms with E-state index in [1.165, 1.54) is 12.1 Å². The average molecular weight is 386 g/mol. The fourth-order valence-electron chi connectivity index (χ4n) is 2.94. The van der Waals surface area contributed by atoms with Crippen LogP contribution in [0.2, 0.25) is 0 Å². The molecule has 5 N–H and O–H groups in total. The first-order chi connectivity index (χ1) is 14.1. The molecule has 6 heteroatoms. The standard InChI is InChI=1S/C23H19FN4O/c24-15-3-1-4-17(13-15)27-21-5-2-6-22-19(21)11-12-23(28-22)20(25)14-26-16-7-9-18(29)10-8-16/h1-14,26-27,29H,25H2/b20-14-. The van der Waals surface area contributed by atoms with Crippen LogP contribution < -0.4 is 16.4 Å². The van der Waals surface area contributed by atoms with Crippen LogP contribution in [0.5, 0.6) is 5.75 Å². The van der Waals surface area contributed by atoms with E-state index in [-0.39, 0.29) is 11.6 Å². The van der Waals surface area contributed by atoms with Gasteiger partial charge in [-0.15, -0.1) is 0 Å². The van der Waals surface area contributed by atoms with Gasteiger partial charge in [0.05, 0.1) is 16.9 Å². The molecule has 0 spiro atoms. The van der Waals surface area contributed by atoms with Crippen molar-refractivity contribution in [2.45, 2.75) is 0 Å². The second kappa shape index (κ2) is 7.90. The largest absolute Gasteiger partial charge is 0.508 e. The van der Waals surface area contributed by atoms with Gasteiger partial charge in [0.2, 0.25) is 0 Å². The Balaban J connectivity index is 1.59. The quantitative estimate of drug-likeness (QED) is 0.355. The molecule has 0 amide bonds. The first-order valence-electron chi connectivity index (χ1n) is 9.02. The fourth-order valence-corrected chi connectivity index (χ4v) is 2.94. The number of nitrogens with zero attached hydrogens (tertiary/aromatic N) is 1. The molecule has 0 saturated carbocycles. The Bertz CT molecular complexity index is 1190. The number of fused-ring (bicyclic) bond motifs is 1. The Kier molecular flexibility index (Phi) is 4.99. The van der Waals surface area contributed by atoms with E-state index in [2.05, 4.69) is 15.6 Å². The second-order valence-corrected chi connectivity index (χ2v) is 6.49. The molecule has 0 atom stereocenters. The molecular formula is C23H19FN4O. The van der Waals surface area contributed by atoms with Crippen LogP contribution in [0.15, 0.2) is 85.1 Å². The monoisotopic (exact) mass is 386 g/mol. The number of phenols is 1.